The molecular formula is C19H19NO3. The van der Waals surface area contributed by atoms with Crippen LogP contribution in [0.3, 0.4) is 0 Å². The molecule has 2 aromatic rings. The summed E-state index contributed by atoms with van der Waals surface area (Å²) in [5.41, 5.74) is 3.90. The van der Waals surface area contributed by atoms with Gasteiger partial charge >= 0.3 is 0 Å². The van der Waals surface area contributed by atoms with Crippen molar-refractivity contribution >= 4 is 0 Å². The second-order valence-electron chi connectivity index (χ2n) is 5.53. The number of nitrogens with zero attached hydrogens (tertiary/aromatic N) is 1. The fourth-order valence-electron chi connectivity index (χ4n) is 3.08. The van der Waals surface area contributed by atoms with Gasteiger partial charge in [-0.2, -0.15) is 5.26 Å². The van der Waals surface area contributed by atoms with Crippen molar-refractivity contribution in [2.24, 2.45) is 0 Å². The van der Waals surface area contributed by atoms with Gasteiger partial charge in [-0.15, -0.1) is 0 Å². The average Bonchev–Trinajstić information content (AvgIpc) is 3.05. The first-order valence-corrected chi connectivity index (χ1v) is 7.57. The Kier molecular flexibility index (Phi) is 4.73. The molecule has 0 amide bonds. The molecule has 0 N–H and O–H groups in total. The summed E-state index contributed by atoms with van der Waals surface area (Å²) >= 11 is 0. The molecule has 1 fully saturated rings. The van der Waals surface area contributed by atoms with Crippen LogP contribution in [-0.4, -0.2) is 26.8 Å². The SMILES string of the molecule is COC1CC(c2cc(C#N)ccc2-c2ccccc2)C(OC)O1. The van der Waals surface area contributed by atoms with Crippen molar-refractivity contribution in [3.05, 3.63) is 59.7 Å². The van der Waals surface area contributed by atoms with Gasteiger partial charge in [0, 0.05) is 26.6 Å². The summed E-state index contributed by atoms with van der Waals surface area (Å²) < 4.78 is 16.6. The van der Waals surface area contributed by atoms with Gasteiger partial charge in [-0.05, 0) is 28.8 Å². The highest BCUT2D eigenvalue weighted by atomic mass is 16.8. The Morgan fingerprint density at radius 1 is 1.09 bits per heavy atom. The molecule has 1 aliphatic rings. The van der Waals surface area contributed by atoms with Gasteiger partial charge < -0.3 is 14.2 Å². The van der Waals surface area contributed by atoms with Gasteiger partial charge in [-0.1, -0.05) is 36.4 Å². The molecule has 0 aromatic heterocycles. The zero-order chi connectivity index (χ0) is 16.2. The van der Waals surface area contributed by atoms with Crippen molar-refractivity contribution < 1.29 is 14.2 Å². The van der Waals surface area contributed by atoms with Crippen LogP contribution in [0.2, 0.25) is 0 Å². The fraction of sp³-hybridized carbons (Fsp3) is 0.316. The van der Waals surface area contributed by atoms with E-state index in [9.17, 15) is 5.26 Å². The summed E-state index contributed by atoms with van der Waals surface area (Å²) in [6, 6.07) is 18.1. The topological polar surface area (TPSA) is 51.5 Å². The van der Waals surface area contributed by atoms with Crippen LogP contribution in [0, 0.1) is 11.3 Å². The highest BCUT2D eigenvalue weighted by Gasteiger charge is 2.37. The molecule has 4 heteroatoms. The monoisotopic (exact) mass is 309 g/mol. The zero-order valence-corrected chi connectivity index (χ0v) is 13.2. The number of nitriles is 1. The van der Waals surface area contributed by atoms with Crippen LogP contribution in [0.4, 0.5) is 0 Å². The van der Waals surface area contributed by atoms with Crippen molar-refractivity contribution in [1.29, 1.82) is 5.26 Å². The first-order chi connectivity index (χ1) is 11.3. The van der Waals surface area contributed by atoms with Gasteiger partial charge in [0.2, 0.25) is 0 Å². The van der Waals surface area contributed by atoms with Crippen LogP contribution in [0.1, 0.15) is 23.5 Å². The number of rotatable bonds is 4. The van der Waals surface area contributed by atoms with E-state index in [1.807, 2.05) is 36.4 Å². The van der Waals surface area contributed by atoms with E-state index < -0.39 is 0 Å². The molecule has 1 saturated heterocycles. The molecule has 23 heavy (non-hydrogen) atoms. The Balaban J connectivity index is 2.08. The molecule has 3 atom stereocenters. The molecule has 4 nitrogen and oxygen atoms in total. The van der Waals surface area contributed by atoms with E-state index in [1.165, 1.54) is 0 Å². The Bertz CT molecular complexity index is 708. The van der Waals surface area contributed by atoms with Crippen molar-refractivity contribution in [3.63, 3.8) is 0 Å². The van der Waals surface area contributed by atoms with Crippen molar-refractivity contribution in [2.45, 2.75) is 24.9 Å². The normalized spacial score (nSPS) is 23.6. The third-order valence-electron chi connectivity index (χ3n) is 4.22. The number of methoxy groups -OCH3 is 2. The summed E-state index contributed by atoms with van der Waals surface area (Å²) in [6.45, 7) is 0. The van der Waals surface area contributed by atoms with Gasteiger partial charge in [-0.25, -0.2) is 0 Å². The second-order valence-corrected chi connectivity index (χ2v) is 5.53. The van der Waals surface area contributed by atoms with E-state index in [2.05, 4.69) is 18.2 Å². The minimum Gasteiger partial charge on any atom is -0.356 e. The van der Waals surface area contributed by atoms with Crippen LogP contribution in [-0.2, 0) is 14.2 Å². The summed E-state index contributed by atoms with van der Waals surface area (Å²) in [5, 5.41) is 9.25. The lowest BCUT2D eigenvalue weighted by molar-refractivity contribution is -0.188. The lowest BCUT2D eigenvalue weighted by Crippen LogP contribution is -2.18. The number of ether oxygens (including phenoxy) is 3. The summed E-state index contributed by atoms with van der Waals surface area (Å²) in [5.74, 6) is 0.0217. The molecule has 1 aliphatic heterocycles. The third-order valence-corrected chi connectivity index (χ3v) is 4.22. The Morgan fingerprint density at radius 3 is 2.52 bits per heavy atom. The number of hydrogen-bond donors (Lipinski definition) is 0. The Hall–Kier alpha value is -2.19. The van der Waals surface area contributed by atoms with Gasteiger partial charge in [-0.3, -0.25) is 0 Å². The smallest absolute Gasteiger partial charge is 0.167 e. The van der Waals surface area contributed by atoms with E-state index in [-0.39, 0.29) is 18.5 Å². The minimum atomic E-state index is -0.378. The third kappa shape index (κ3) is 3.13. The lowest BCUT2D eigenvalue weighted by atomic mass is 9.87. The van der Waals surface area contributed by atoms with Crippen LogP contribution in [0.5, 0.6) is 0 Å². The average molecular weight is 309 g/mol. The molecule has 0 bridgehead atoms. The molecule has 118 valence electrons. The molecule has 0 aliphatic carbocycles. The molecular weight excluding hydrogens is 290 g/mol. The van der Waals surface area contributed by atoms with Crippen LogP contribution in [0.15, 0.2) is 48.5 Å². The van der Waals surface area contributed by atoms with Gasteiger partial charge in [0.25, 0.3) is 0 Å². The maximum atomic E-state index is 9.25. The quantitative estimate of drug-likeness (QED) is 0.864. The van der Waals surface area contributed by atoms with Gasteiger partial charge in [0.05, 0.1) is 11.6 Å². The maximum Gasteiger partial charge on any atom is 0.167 e. The van der Waals surface area contributed by atoms with Gasteiger partial charge in [0.1, 0.15) is 0 Å². The summed E-state index contributed by atoms with van der Waals surface area (Å²) in [7, 11) is 3.26. The van der Waals surface area contributed by atoms with Crippen LogP contribution in [0.25, 0.3) is 11.1 Å². The number of benzene rings is 2. The lowest BCUT2D eigenvalue weighted by Gasteiger charge is -2.20. The van der Waals surface area contributed by atoms with Crippen LogP contribution >= 0.6 is 0 Å². The van der Waals surface area contributed by atoms with E-state index in [4.69, 9.17) is 14.2 Å². The fourth-order valence-corrected chi connectivity index (χ4v) is 3.08. The summed E-state index contributed by atoms with van der Waals surface area (Å²) in [4.78, 5) is 0. The largest absolute Gasteiger partial charge is 0.356 e. The highest BCUT2D eigenvalue weighted by Crippen LogP contribution is 2.40. The molecule has 2 aromatic carbocycles. The predicted molar refractivity (Wildman–Crippen MR) is 86.6 cm³/mol. The minimum absolute atomic E-state index is 0.0217. The zero-order valence-electron chi connectivity index (χ0n) is 13.2. The van der Waals surface area contributed by atoms with Crippen molar-refractivity contribution in [3.8, 4) is 17.2 Å². The van der Waals surface area contributed by atoms with Crippen LogP contribution < -0.4 is 0 Å². The Labute approximate surface area is 136 Å². The number of hydrogen-bond acceptors (Lipinski definition) is 4. The van der Waals surface area contributed by atoms with E-state index in [0.717, 1.165) is 16.7 Å². The molecule has 0 saturated carbocycles. The van der Waals surface area contributed by atoms with Crippen molar-refractivity contribution in [1.82, 2.24) is 0 Å². The maximum absolute atomic E-state index is 9.25. The summed E-state index contributed by atoms with van der Waals surface area (Å²) in [6.07, 6.45) is 0.0275. The molecule has 0 radical (unpaired) electrons. The van der Waals surface area contributed by atoms with E-state index in [0.29, 0.717) is 12.0 Å². The first kappa shape index (κ1) is 15.7. The predicted octanol–water partition coefficient (Wildman–Crippen LogP) is 3.67. The second kappa shape index (κ2) is 6.93. The molecule has 0 spiro atoms. The molecule has 1 heterocycles. The van der Waals surface area contributed by atoms with Gasteiger partial charge in [0.15, 0.2) is 12.6 Å². The van der Waals surface area contributed by atoms with E-state index in [1.54, 1.807) is 14.2 Å². The Morgan fingerprint density at radius 2 is 1.87 bits per heavy atom. The highest BCUT2D eigenvalue weighted by molar-refractivity contribution is 5.69. The molecule has 3 rings (SSSR count). The first-order valence-electron chi connectivity index (χ1n) is 7.57. The van der Waals surface area contributed by atoms with E-state index >= 15 is 0 Å². The molecule has 3 unspecified atom stereocenters. The standard InChI is InChI=1S/C19H19NO3/c1-21-18-11-17(19(22-2)23-18)16-10-13(12-20)8-9-15(16)14-6-4-3-5-7-14/h3-10,17-19H,11H2,1-2H3. The van der Waals surface area contributed by atoms with Crippen molar-refractivity contribution in [2.75, 3.05) is 14.2 Å².